The van der Waals surface area contributed by atoms with Crippen molar-refractivity contribution < 1.29 is 43.5 Å². The van der Waals surface area contributed by atoms with Gasteiger partial charge in [-0.15, -0.1) is 0 Å². The number of halogens is 2. The summed E-state index contributed by atoms with van der Waals surface area (Å²) in [5.74, 6) is -7.22. The number of rotatable bonds is 6. The van der Waals surface area contributed by atoms with E-state index in [0.29, 0.717) is 0 Å². The van der Waals surface area contributed by atoms with Gasteiger partial charge >= 0.3 is 11.8 Å². The van der Waals surface area contributed by atoms with Crippen LogP contribution in [0.15, 0.2) is 5.11 Å². The Morgan fingerprint density at radius 2 is 2.08 bits per heavy atom. The van der Waals surface area contributed by atoms with Crippen LogP contribution in [0.2, 0.25) is 0 Å². The highest BCUT2D eigenvalue weighted by atomic mass is 19.2. The number of azide groups is 1. The SMILES string of the molecule is CC(=O)N[C@@H]1[C@@H](N=[N+]=[N-])[C@@H](F)[C@](F)(C(=O)O)O[C@H]1[C@@H](O)[C@@H](O)CO. The first-order valence-electron chi connectivity index (χ1n) is 6.62. The van der Waals surface area contributed by atoms with E-state index in [1.165, 1.54) is 0 Å². The van der Waals surface area contributed by atoms with Gasteiger partial charge in [-0.25, -0.2) is 9.18 Å². The van der Waals surface area contributed by atoms with Crippen LogP contribution in [0.4, 0.5) is 8.78 Å². The van der Waals surface area contributed by atoms with Crippen molar-refractivity contribution in [2.75, 3.05) is 6.61 Å². The van der Waals surface area contributed by atoms with Gasteiger partial charge in [-0.3, -0.25) is 4.79 Å². The number of carboxylic acid groups (broad SMARTS) is 1. The number of aliphatic hydroxyl groups excluding tert-OH is 3. The molecular weight excluding hydrogens is 338 g/mol. The Morgan fingerprint density at radius 1 is 1.50 bits per heavy atom. The molecule has 0 aromatic carbocycles. The summed E-state index contributed by atoms with van der Waals surface area (Å²) in [6.45, 7) is -0.0494. The Hall–Kier alpha value is -2.05. The van der Waals surface area contributed by atoms with Gasteiger partial charge in [0.1, 0.15) is 18.3 Å². The van der Waals surface area contributed by atoms with Crippen LogP contribution in [0, 0.1) is 0 Å². The summed E-state index contributed by atoms with van der Waals surface area (Å²) in [6.07, 6.45) is -9.09. The maximum atomic E-state index is 14.4. The molecule has 1 amide bonds. The van der Waals surface area contributed by atoms with Gasteiger partial charge in [-0.2, -0.15) is 4.39 Å². The Morgan fingerprint density at radius 3 is 2.50 bits per heavy atom. The molecule has 5 N–H and O–H groups in total. The molecule has 0 bridgehead atoms. The Bertz CT molecular complexity index is 546. The number of amides is 1. The minimum atomic E-state index is -4.01. The molecule has 0 saturated carbocycles. The van der Waals surface area contributed by atoms with Crippen LogP contribution in [0.3, 0.4) is 0 Å². The molecule has 1 fully saturated rings. The number of aliphatic carboxylic acids is 1. The lowest BCUT2D eigenvalue weighted by Crippen LogP contribution is -2.70. The molecule has 1 heterocycles. The maximum Gasteiger partial charge on any atom is 0.372 e. The number of aliphatic hydroxyl groups is 3. The van der Waals surface area contributed by atoms with Crippen LogP contribution in [0.1, 0.15) is 6.92 Å². The maximum absolute atomic E-state index is 14.4. The number of carbonyl (C=O) groups is 2. The van der Waals surface area contributed by atoms with E-state index in [4.69, 9.17) is 15.7 Å². The van der Waals surface area contributed by atoms with E-state index in [1.807, 2.05) is 0 Å². The van der Waals surface area contributed by atoms with E-state index >= 15 is 0 Å². The molecule has 13 heteroatoms. The molecule has 1 aliphatic rings. The van der Waals surface area contributed by atoms with Gasteiger partial charge < -0.3 is 30.5 Å². The van der Waals surface area contributed by atoms with Crippen LogP contribution in [-0.2, 0) is 14.3 Å². The molecule has 136 valence electrons. The van der Waals surface area contributed by atoms with E-state index in [-0.39, 0.29) is 0 Å². The smallest absolute Gasteiger partial charge is 0.372 e. The number of hydrogen-bond donors (Lipinski definition) is 5. The lowest BCUT2D eigenvalue weighted by molar-refractivity contribution is -0.276. The van der Waals surface area contributed by atoms with Crippen molar-refractivity contribution in [1.82, 2.24) is 5.32 Å². The zero-order chi connectivity index (χ0) is 18.7. The van der Waals surface area contributed by atoms with E-state index < -0.39 is 60.9 Å². The lowest BCUT2D eigenvalue weighted by atomic mass is 9.86. The summed E-state index contributed by atoms with van der Waals surface area (Å²) in [4.78, 5) is 24.5. The first-order chi connectivity index (χ1) is 11.1. The highest BCUT2D eigenvalue weighted by molar-refractivity contribution is 5.77. The van der Waals surface area contributed by atoms with Crippen LogP contribution < -0.4 is 5.32 Å². The minimum Gasteiger partial charge on any atom is -0.477 e. The zero-order valence-corrected chi connectivity index (χ0v) is 12.3. The summed E-state index contributed by atoms with van der Waals surface area (Å²) in [7, 11) is 0. The summed E-state index contributed by atoms with van der Waals surface area (Å²) in [5.41, 5.74) is 8.49. The minimum absolute atomic E-state index is 0.814. The third-order valence-electron chi connectivity index (χ3n) is 3.45. The third kappa shape index (κ3) is 3.71. The second kappa shape index (κ2) is 7.68. The van der Waals surface area contributed by atoms with Gasteiger partial charge in [0.25, 0.3) is 0 Å². The number of ether oxygens (including phenoxy) is 1. The Labute approximate surface area is 133 Å². The zero-order valence-electron chi connectivity index (χ0n) is 12.3. The predicted molar refractivity (Wildman–Crippen MR) is 70.9 cm³/mol. The Balaban J connectivity index is 3.39. The van der Waals surface area contributed by atoms with Gasteiger partial charge in [0.2, 0.25) is 5.91 Å². The van der Waals surface area contributed by atoms with Crippen molar-refractivity contribution in [1.29, 1.82) is 0 Å². The number of carbonyl (C=O) groups excluding carboxylic acids is 1. The summed E-state index contributed by atoms with van der Waals surface area (Å²) < 4.78 is 33.1. The van der Waals surface area contributed by atoms with Crippen molar-refractivity contribution in [3.63, 3.8) is 0 Å². The molecule has 1 saturated heterocycles. The molecule has 24 heavy (non-hydrogen) atoms. The van der Waals surface area contributed by atoms with E-state index in [2.05, 4.69) is 20.1 Å². The fourth-order valence-electron chi connectivity index (χ4n) is 2.30. The fourth-order valence-corrected chi connectivity index (χ4v) is 2.30. The van der Waals surface area contributed by atoms with Gasteiger partial charge in [0.05, 0.1) is 18.7 Å². The predicted octanol–water partition coefficient (Wildman–Crippen LogP) is -1.63. The van der Waals surface area contributed by atoms with Crippen molar-refractivity contribution in [2.45, 2.75) is 49.3 Å². The van der Waals surface area contributed by atoms with Crippen molar-refractivity contribution in [2.24, 2.45) is 5.11 Å². The molecule has 0 aromatic heterocycles. The second-order valence-corrected chi connectivity index (χ2v) is 5.10. The Kier molecular flexibility index (Phi) is 6.40. The number of carboxylic acids is 1. The number of alkyl halides is 2. The number of nitrogens with zero attached hydrogens (tertiary/aromatic N) is 3. The number of nitrogens with one attached hydrogen (secondary N) is 1. The molecule has 0 radical (unpaired) electrons. The molecule has 11 nitrogen and oxygen atoms in total. The summed E-state index contributed by atoms with van der Waals surface area (Å²) >= 11 is 0. The average molecular weight is 354 g/mol. The van der Waals surface area contributed by atoms with E-state index in [1.54, 1.807) is 0 Å². The monoisotopic (exact) mass is 354 g/mol. The molecule has 0 aromatic rings. The van der Waals surface area contributed by atoms with Crippen molar-refractivity contribution >= 4 is 11.9 Å². The number of hydrogen-bond acceptors (Lipinski definition) is 7. The van der Waals surface area contributed by atoms with Crippen molar-refractivity contribution in [3.05, 3.63) is 10.4 Å². The first-order valence-corrected chi connectivity index (χ1v) is 6.62. The van der Waals surface area contributed by atoms with Crippen LogP contribution >= 0.6 is 0 Å². The third-order valence-corrected chi connectivity index (χ3v) is 3.45. The molecule has 7 atom stereocenters. The largest absolute Gasteiger partial charge is 0.477 e. The normalized spacial score (nSPS) is 35.4. The highest BCUT2D eigenvalue weighted by Gasteiger charge is 2.62. The first kappa shape index (κ1) is 20.0. The molecule has 0 aliphatic carbocycles. The molecule has 0 spiro atoms. The van der Waals surface area contributed by atoms with Crippen LogP contribution in [0.25, 0.3) is 10.4 Å². The van der Waals surface area contributed by atoms with E-state index in [9.17, 15) is 28.6 Å². The summed E-state index contributed by atoms with van der Waals surface area (Å²) in [6, 6.07) is -3.80. The van der Waals surface area contributed by atoms with Gasteiger partial charge in [0, 0.05) is 11.8 Å². The fraction of sp³-hybridized carbons (Fsp3) is 0.818. The highest BCUT2D eigenvalue weighted by Crippen LogP contribution is 2.37. The quantitative estimate of drug-likeness (QED) is 0.215. The molecule has 1 rings (SSSR count). The van der Waals surface area contributed by atoms with Gasteiger partial charge in [0.15, 0.2) is 6.17 Å². The van der Waals surface area contributed by atoms with Crippen LogP contribution in [0.5, 0.6) is 0 Å². The second-order valence-electron chi connectivity index (χ2n) is 5.10. The van der Waals surface area contributed by atoms with Gasteiger partial charge in [-0.1, -0.05) is 5.11 Å². The van der Waals surface area contributed by atoms with Gasteiger partial charge in [-0.05, 0) is 5.53 Å². The van der Waals surface area contributed by atoms with Crippen LogP contribution in [-0.4, -0.2) is 81.3 Å². The lowest BCUT2D eigenvalue weighted by Gasteiger charge is -2.45. The molecule has 0 unspecified atom stereocenters. The average Bonchev–Trinajstić information content (AvgIpc) is 2.52. The van der Waals surface area contributed by atoms with Crippen molar-refractivity contribution in [3.8, 4) is 0 Å². The topological polar surface area (TPSA) is 185 Å². The standard InChI is InChI=1S/C11H16F2N4O7/c1-3(19)15-5-6(16-17-14)9(12)11(13,10(22)23)24-8(5)7(21)4(20)2-18/h4-9,18,20-21H,2H2,1H3,(H,15,19)(H,22,23)/t4-,5+,6+,7-,8+,9+,11+/m0/s1. The molecular formula is C11H16F2N4O7. The van der Waals surface area contributed by atoms with E-state index in [0.717, 1.165) is 6.92 Å². The summed E-state index contributed by atoms with van der Waals surface area (Å²) in [5, 5.41) is 42.1. The molecule has 1 aliphatic heterocycles.